The number of nitrogens with zero attached hydrogens (tertiary/aromatic N) is 2. The highest BCUT2D eigenvalue weighted by Crippen LogP contribution is 2.37. The Kier molecular flexibility index (Phi) is 5.63. The van der Waals surface area contributed by atoms with E-state index in [4.69, 9.17) is 4.74 Å². The van der Waals surface area contributed by atoms with Gasteiger partial charge in [0.1, 0.15) is 6.04 Å². The highest BCUT2D eigenvalue weighted by atomic mass is 16.5. The quantitative estimate of drug-likeness (QED) is 0.786. The Balaban J connectivity index is 1.74. The fraction of sp³-hybridized carbons (Fsp3) is 0.571. The van der Waals surface area contributed by atoms with Crippen LogP contribution in [0.5, 0.6) is 0 Å². The zero-order valence-electron chi connectivity index (χ0n) is 17.2. The van der Waals surface area contributed by atoms with Crippen LogP contribution in [0.2, 0.25) is 0 Å². The zero-order chi connectivity index (χ0) is 20.6. The second-order valence-corrected chi connectivity index (χ2v) is 8.05. The lowest BCUT2D eigenvalue weighted by Crippen LogP contribution is -2.47. The van der Waals surface area contributed by atoms with E-state index in [-0.39, 0.29) is 29.9 Å². The van der Waals surface area contributed by atoms with E-state index in [2.05, 4.69) is 10.2 Å². The van der Waals surface area contributed by atoms with E-state index >= 15 is 0 Å². The maximum atomic E-state index is 12.7. The topological polar surface area (TPSA) is 79.0 Å². The molecule has 2 aliphatic heterocycles. The van der Waals surface area contributed by atoms with E-state index in [0.717, 1.165) is 25.1 Å². The van der Waals surface area contributed by atoms with Crippen molar-refractivity contribution in [2.75, 3.05) is 16.8 Å². The molecule has 2 heterocycles. The third-order valence-corrected chi connectivity index (χ3v) is 5.35. The van der Waals surface area contributed by atoms with Crippen LogP contribution in [-0.2, 0) is 14.3 Å². The van der Waals surface area contributed by atoms with Gasteiger partial charge in [-0.25, -0.2) is 4.79 Å². The molecule has 2 atom stereocenters. The van der Waals surface area contributed by atoms with Crippen LogP contribution in [0.4, 0.5) is 11.4 Å². The number of rotatable bonds is 5. The number of carbonyl (C=O) groups is 3. The van der Waals surface area contributed by atoms with Crippen LogP contribution in [-0.4, -0.2) is 53.5 Å². The highest BCUT2D eigenvalue weighted by molar-refractivity contribution is 6.05. The van der Waals surface area contributed by atoms with Crippen molar-refractivity contribution in [2.45, 2.75) is 71.7 Å². The van der Waals surface area contributed by atoms with Crippen LogP contribution in [0.15, 0.2) is 18.2 Å². The Bertz CT molecular complexity index is 782. The molecule has 152 valence electrons. The molecule has 1 aromatic carbocycles. The first kappa shape index (κ1) is 20.2. The highest BCUT2D eigenvalue weighted by Gasteiger charge is 2.36. The first-order chi connectivity index (χ1) is 13.2. The molecule has 7 nitrogen and oxygen atoms in total. The molecule has 0 bridgehead atoms. The van der Waals surface area contributed by atoms with E-state index in [0.29, 0.717) is 11.3 Å². The van der Waals surface area contributed by atoms with Crippen molar-refractivity contribution in [3.8, 4) is 0 Å². The molecule has 0 aliphatic carbocycles. The van der Waals surface area contributed by atoms with Crippen molar-refractivity contribution >= 4 is 29.2 Å². The molecule has 0 unspecified atom stereocenters. The number of carbonyl (C=O) groups excluding carboxylic acids is 3. The molecule has 0 saturated carbocycles. The first-order valence-electron chi connectivity index (χ1n) is 9.95. The van der Waals surface area contributed by atoms with Gasteiger partial charge in [-0.3, -0.25) is 9.59 Å². The predicted octanol–water partition coefficient (Wildman–Crippen LogP) is 2.80. The van der Waals surface area contributed by atoms with Crippen LogP contribution in [0.25, 0.3) is 0 Å². The van der Waals surface area contributed by atoms with Gasteiger partial charge in [-0.05, 0) is 65.7 Å². The number of amides is 2. The number of benzene rings is 1. The molecule has 2 aliphatic rings. The van der Waals surface area contributed by atoms with E-state index in [1.165, 1.54) is 0 Å². The largest absolute Gasteiger partial charge is 0.449 e. The summed E-state index contributed by atoms with van der Waals surface area (Å²) in [5, 5.41) is 2.89. The number of anilines is 2. The summed E-state index contributed by atoms with van der Waals surface area (Å²) >= 11 is 0. The summed E-state index contributed by atoms with van der Waals surface area (Å²) in [5.41, 5.74) is 1.85. The average Bonchev–Trinajstić information content (AvgIpc) is 3.11. The van der Waals surface area contributed by atoms with Crippen LogP contribution in [0, 0.1) is 0 Å². The van der Waals surface area contributed by atoms with Crippen LogP contribution < -0.4 is 10.2 Å². The molecule has 1 fully saturated rings. The van der Waals surface area contributed by atoms with Crippen molar-refractivity contribution in [3.63, 3.8) is 0 Å². The summed E-state index contributed by atoms with van der Waals surface area (Å²) in [5.74, 6) is -0.831. The number of nitrogens with one attached hydrogen (secondary N) is 1. The third kappa shape index (κ3) is 3.70. The van der Waals surface area contributed by atoms with Crippen molar-refractivity contribution in [3.05, 3.63) is 23.8 Å². The maximum absolute atomic E-state index is 12.7. The van der Waals surface area contributed by atoms with Crippen LogP contribution in [0.3, 0.4) is 0 Å². The monoisotopic (exact) mass is 387 g/mol. The Morgan fingerprint density at radius 2 is 1.86 bits per heavy atom. The molecule has 2 amide bonds. The molecule has 1 saturated heterocycles. The summed E-state index contributed by atoms with van der Waals surface area (Å²) < 4.78 is 5.43. The van der Waals surface area contributed by atoms with Gasteiger partial charge in [-0.2, -0.15) is 0 Å². The molecule has 3 rings (SSSR count). The van der Waals surface area contributed by atoms with Gasteiger partial charge in [0.2, 0.25) is 5.91 Å². The molecule has 1 aromatic rings. The Morgan fingerprint density at radius 1 is 1.18 bits per heavy atom. The van der Waals surface area contributed by atoms with Crippen molar-refractivity contribution in [1.82, 2.24) is 4.90 Å². The standard InChI is InChI=1S/C21H29N3O4/c1-12(2)24(13(3)4)20(26)14(5)28-21(27)15-8-9-17-16(11-15)22-19(25)18-7-6-10-23(17)18/h8-9,11-14,18H,6-7,10H2,1-5H3,(H,22,25)/t14-,18+/m0/s1. The van der Waals surface area contributed by atoms with Crippen LogP contribution >= 0.6 is 0 Å². The van der Waals surface area contributed by atoms with Gasteiger partial charge in [-0.1, -0.05) is 0 Å². The molecule has 0 radical (unpaired) electrons. The third-order valence-electron chi connectivity index (χ3n) is 5.35. The fourth-order valence-electron chi connectivity index (χ4n) is 4.15. The summed E-state index contributed by atoms with van der Waals surface area (Å²) in [6.45, 7) is 10.2. The molecule has 7 heteroatoms. The normalized spacial score (nSPS) is 19.2. The van der Waals surface area contributed by atoms with Gasteiger partial charge in [-0.15, -0.1) is 0 Å². The second-order valence-electron chi connectivity index (χ2n) is 8.05. The Hall–Kier alpha value is -2.57. The van der Waals surface area contributed by atoms with E-state index in [9.17, 15) is 14.4 Å². The smallest absolute Gasteiger partial charge is 0.338 e. The number of ether oxygens (including phenoxy) is 1. The van der Waals surface area contributed by atoms with Crippen molar-refractivity contribution in [2.24, 2.45) is 0 Å². The zero-order valence-corrected chi connectivity index (χ0v) is 17.2. The van der Waals surface area contributed by atoms with Crippen molar-refractivity contribution < 1.29 is 19.1 Å². The maximum Gasteiger partial charge on any atom is 0.338 e. The molecular formula is C21H29N3O4. The Morgan fingerprint density at radius 3 is 2.50 bits per heavy atom. The second kappa shape index (κ2) is 7.81. The van der Waals surface area contributed by atoms with Gasteiger partial charge in [0.15, 0.2) is 6.10 Å². The van der Waals surface area contributed by atoms with Crippen LogP contribution in [0.1, 0.15) is 57.8 Å². The van der Waals surface area contributed by atoms with E-state index < -0.39 is 12.1 Å². The Labute approximate surface area is 166 Å². The van der Waals surface area contributed by atoms with E-state index in [1.54, 1.807) is 24.0 Å². The summed E-state index contributed by atoms with van der Waals surface area (Å²) in [6, 6.07) is 5.06. The predicted molar refractivity (Wildman–Crippen MR) is 107 cm³/mol. The minimum absolute atomic E-state index is 0.0148. The number of fused-ring (bicyclic) bond motifs is 3. The number of hydrogen-bond donors (Lipinski definition) is 1. The van der Waals surface area contributed by atoms with Gasteiger partial charge in [0.25, 0.3) is 5.91 Å². The lowest BCUT2D eigenvalue weighted by Gasteiger charge is -2.33. The van der Waals surface area contributed by atoms with Gasteiger partial charge < -0.3 is 19.9 Å². The average molecular weight is 387 g/mol. The lowest BCUT2D eigenvalue weighted by atomic mass is 10.1. The summed E-state index contributed by atoms with van der Waals surface area (Å²) in [4.78, 5) is 41.3. The number of esters is 1. The molecule has 1 N–H and O–H groups in total. The lowest BCUT2D eigenvalue weighted by molar-refractivity contribution is -0.143. The summed E-state index contributed by atoms with van der Waals surface area (Å²) in [6.07, 6.45) is 0.936. The molecule has 28 heavy (non-hydrogen) atoms. The van der Waals surface area contributed by atoms with Gasteiger partial charge in [0, 0.05) is 18.6 Å². The SMILES string of the molecule is CC(C)N(C(=O)[C@H](C)OC(=O)c1ccc2c(c1)NC(=O)[C@H]1CCCN21)C(C)C. The first-order valence-corrected chi connectivity index (χ1v) is 9.95. The van der Waals surface area contributed by atoms with Gasteiger partial charge in [0.05, 0.1) is 16.9 Å². The number of hydrogen-bond acceptors (Lipinski definition) is 5. The minimum Gasteiger partial charge on any atom is -0.449 e. The minimum atomic E-state index is -0.883. The van der Waals surface area contributed by atoms with Crippen molar-refractivity contribution in [1.29, 1.82) is 0 Å². The molecular weight excluding hydrogens is 358 g/mol. The van der Waals surface area contributed by atoms with E-state index in [1.807, 2.05) is 33.8 Å². The fourth-order valence-corrected chi connectivity index (χ4v) is 4.15. The summed E-state index contributed by atoms with van der Waals surface area (Å²) in [7, 11) is 0. The van der Waals surface area contributed by atoms with Gasteiger partial charge >= 0.3 is 5.97 Å². The molecule has 0 spiro atoms. The molecule has 0 aromatic heterocycles.